The molecule has 0 aliphatic rings. The Kier molecular flexibility index (Phi) is 10.0. The van der Waals surface area contributed by atoms with Crippen molar-refractivity contribution < 1.29 is 28.1 Å². The van der Waals surface area contributed by atoms with Crippen LogP contribution in [-0.4, -0.2) is 51.8 Å². The van der Waals surface area contributed by atoms with E-state index in [1.807, 2.05) is 42.5 Å². The minimum Gasteiger partial charge on any atom is -0.506 e. The highest BCUT2D eigenvalue weighted by molar-refractivity contribution is 7.92. The van der Waals surface area contributed by atoms with Crippen molar-refractivity contribution in [2.24, 2.45) is 0 Å². The van der Waals surface area contributed by atoms with Gasteiger partial charge in [-0.2, -0.15) is 0 Å². The van der Waals surface area contributed by atoms with E-state index in [0.717, 1.165) is 23.8 Å². The molecular formula is C27H33ClN2O6S. The number of hydrogen-bond acceptors (Lipinski definition) is 7. The quantitative estimate of drug-likeness (QED) is 0.235. The van der Waals surface area contributed by atoms with Crippen molar-refractivity contribution in [1.82, 2.24) is 5.32 Å². The smallest absolute Gasteiger partial charge is 0.229 e. The van der Waals surface area contributed by atoms with Crippen LogP contribution >= 0.6 is 11.6 Å². The van der Waals surface area contributed by atoms with Crippen LogP contribution in [0.15, 0.2) is 60.7 Å². The summed E-state index contributed by atoms with van der Waals surface area (Å²) in [5.74, 6) is 1.05. The molecule has 0 bridgehead atoms. The second-order valence-electron chi connectivity index (χ2n) is 8.79. The Morgan fingerprint density at radius 2 is 1.73 bits per heavy atom. The average Bonchev–Trinajstić information content (AvgIpc) is 2.85. The van der Waals surface area contributed by atoms with E-state index in [1.54, 1.807) is 20.3 Å². The third kappa shape index (κ3) is 8.53. The molecule has 0 saturated carbocycles. The fourth-order valence-electron chi connectivity index (χ4n) is 4.07. The first-order chi connectivity index (χ1) is 17.6. The van der Waals surface area contributed by atoms with Gasteiger partial charge in [0.15, 0.2) is 11.5 Å². The normalized spacial score (nSPS) is 13.1. The number of hydrogen-bond donors (Lipinski definition) is 4. The van der Waals surface area contributed by atoms with Gasteiger partial charge in [-0.05, 0) is 66.3 Å². The molecule has 2 atom stereocenters. The largest absolute Gasteiger partial charge is 0.506 e. The fraction of sp³-hybridized carbons (Fsp3) is 0.333. The lowest BCUT2D eigenvalue weighted by Crippen LogP contribution is -2.32. The number of aryl methyl sites for hydroxylation is 1. The summed E-state index contributed by atoms with van der Waals surface area (Å²) >= 11 is 6.37. The molecule has 0 radical (unpaired) electrons. The summed E-state index contributed by atoms with van der Waals surface area (Å²) in [7, 11) is -0.384. The third-order valence-corrected chi connectivity index (χ3v) is 6.86. The lowest BCUT2D eigenvalue weighted by Gasteiger charge is -2.23. The molecule has 0 heterocycles. The molecule has 0 aliphatic carbocycles. The first-order valence-corrected chi connectivity index (χ1v) is 14.0. The van der Waals surface area contributed by atoms with E-state index in [4.69, 9.17) is 21.1 Å². The number of halogens is 1. The molecule has 10 heteroatoms. The second kappa shape index (κ2) is 13.0. The Balaban J connectivity index is 1.74. The number of aliphatic hydroxyl groups excluding tert-OH is 1. The molecule has 4 N–H and O–H groups in total. The SMILES string of the molecule is COc1ccc([C@@H](CCc2ccccc2Cl)NC[C@@H](O)Cc2ccc(O)c(NS(C)(=O)=O)c2)cc1OC. The van der Waals surface area contributed by atoms with Crippen LogP contribution in [0.25, 0.3) is 0 Å². The first-order valence-electron chi connectivity index (χ1n) is 11.8. The van der Waals surface area contributed by atoms with Gasteiger partial charge in [0.05, 0.1) is 32.3 Å². The van der Waals surface area contributed by atoms with Gasteiger partial charge in [0.25, 0.3) is 0 Å². The molecule has 0 aromatic heterocycles. The predicted octanol–water partition coefficient (Wildman–Crippen LogP) is 4.30. The van der Waals surface area contributed by atoms with E-state index in [1.165, 1.54) is 12.1 Å². The maximum absolute atomic E-state index is 11.6. The molecule has 37 heavy (non-hydrogen) atoms. The monoisotopic (exact) mass is 548 g/mol. The van der Waals surface area contributed by atoms with Crippen molar-refractivity contribution in [2.45, 2.75) is 31.4 Å². The summed E-state index contributed by atoms with van der Waals surface area (Å²) in [5, 5.41) is 24.9. The van der Waals surface area contributed by atoms with Gasteiger partial charge < -0.3 is 25.0 Å². The number of rotatable bonds is 13. The highest BCUT2D eigenvalue weighted by Gasteiger charge is 2.18. The van der Waals surface area contributed by atoms with Gasteiger partial charge >= 0.3 is 0 Å². The molecule has 3 rings (SSSR count). The number of phenols is 1. The van der Waals surface area contributed by atoms with Gasteiger partial charge in [-0.15, -0.1) is 0 Å². The van der Waals surface area contributed by atoms with Gasteiger partial charge in [0, 0.05) is 17.6 Å². The van der Waals surface area contributed by atoms with Crippen molar-refractivity contribution in [3.63, 3.8) is 0 Å². The zero-order valence-corrected chi connectivity index (χ0v) is 22.6. The number of nitrogens with one attached hydrogen (secondary N) is 2. The first kappa shape index (κ1) is 28.6. The number of anilines is 1. The van der Waals surface area contributed by atoms with E-state index in [9.17, 15) is 18.6 Å². The fourth-order valence-corrected chi connectivity index (χ4v) is 4.86. The minimum atomic E-state index is -3.55. The Labute approximate surface area is 223 Å². The summed E-state index contributed by atoms with van der Waals surface area (Å²) in [5.41, 5.74) is 2.76. The number of ether oxygens (including phenoxy) is 2. The number of aromatic hydroxyl groups is 1. The van der Waals surface area contributed by atoms with Gasteiger partial charge in [-0.3, -0.25) is 4.72 Å². The Bertz CT molecular complexity index is 1300. The van der Waals surface area contributed by atoms with Crippen molar-refractivity contribution >= 4 is 27.3 Å². The maximum Gasteiger partial charge on any atom is 0.229 e. The van der Waals surface area contributed by atoms with Crippen LogP contribution in [-0.2, 0) is 22.9 Å². The van der Waals surface area contributed by atoms with Crippen LogP contribution in [0.5, 0.6) is 17.2 Å². The van der Waals surface area contributed by atoms with Gasteiger partial charge in [-0.25, -0.2) is 8.42 Å². The van der Waals surface area contributed by atoms with E-state index in [0.29, 0.717) is 28.5 Å². The Morgan fingerprint density at radius 3 is 2.41 bits per heavy atom. The van der Waals surface area contributed by atoms with E-state index >= 15 is 0 Å². The Hall–Kier alpha value is -2.98. The van der Waals surface area contributed by atoms with Gasteiger partial charge in [0.1, 0.15) is 5.75 Å². The van der Waals surface area contributed by atoms with Crippen LogP contribution in [0.3, 0.4) is 0 Å². The van der Waals surface area contributed by atoms with E-state index in [2.05, 4.69) is 10.0 Å². The van der Waals surface area contributed by atoms with Gasteiger partial charge in [-0.1, -0.05) is 41.9 Å². The summed E-state index contributed by atoms with van der Waals surface area (Å²) in [4.78, 5) is 0. The van der Waals surface area contributed by atoms with Crippen molar-refractivity contribution in [1.29, 1.82) is 0 Å². The van der Waals surface area contributed by atoms with Crippen LogP contribution in [0.4, 0.5) is 5.69 Å². The number of methoxy groups -OCH3 is 2. The maximum atomic E-state index is 11.6. The summed E-state index contributed by atoms with van der Waals surface area (Å²) in [6.45, 7) is 0.275. The molecule has 0 fully saturated rings. The number of benzene rings is 3. The second-order valence-corrected chi connectivity index (χ2v) is 10.9. The molecule has 0 spiro atoms. The van der Waals surface area contributed by atoms with Crippen LogP contribution in [0, 0.1) is 0 Å². The number of sulfonamides is 1. The topological polar surface area (TPSA) is 117 Å². The molecule has 0 saturated heterocycles. The van der Waals surface area contributed by atoms with Crippen LogP contribution in [0.1, 0.15) is 29.2 Å². The highest BCUT2D eigenvalue weighted by Crippen LogP contribution is 2.32. The number of phenolic OH excluding ortho intramolecular Hbond substituents is 1. The molecular weight excluding hydrogens is 516 g/mol. The van der Waals surface area contributed by atoms with Crippen LogP contribution < -0.4 is 19.5 Å². The molecule has 0 aliphatic heterocycles. The number of aliphatic hydroxyl groups is 1. The summed E-state index contributed by atoms with van der Waals surface area (Å²) in [6, 6.07) is 17.9. The minimum absolute atomic E-state index is 0.0723. The van der Waals surface area contributed by atoms with Crippen molar-refractivity contribution in [2.75, 3.05) is 31.7 Å². The van der Waals surface area contributed by atoms with Gasteiger partial charge in [0.2, 0.25) is 10.0 Å². The lowest BCUT2D eigenvalue weighted by atomic mass is 9.97. The van der Waals surface area contributed by atoms with Crippen molar-refractivity contribution in [3.8, 4) is 17.2 Å². The zero-order valence-electron chi connectivity index (χ0n) is 21.1. The zero-order chi connectivity index (χ0) is 27.0. The highest BCUT2D eigenvalue weighted by atomic mass is 35.5. The standard InChI is InChI=1S/C27H33ClN2O6S/c1-35-26-13-10-20(16-27(26)36-2)23(11-9-19-6-4-5-7-22(19)28)29-17-21(31)14-18-8-12-25(32)24(15-18)30-37(3,33)34/h4-8,10,12-13,15-16,21,23,29-32H,9,11,14,17H2,1-3H3/t21-,23+/m0/s1. The molecule has 0 amide bonds. The molecule has 3 aromatic carbocycles. The summed E-state index contributed by atoms with van der Waals surface area (Å²) in [6.07, 6.45) is 1.94. The molecule has 3 aromatic rings. The van der Waals surface area contributed by atoms with Crippen molar-refractivity contribution in [3.05, 3.63) is 82.4 Å². The predicted molar refractivity (Wildman–Crippen MR) is 146 cm³/mol. The summed E-state index contributed by atoms with van der Waals surface area (Å²) < 4.78 is 36.3. The lowest BCUT2D eigenvalue weighted by molar-refractivity contribution is 0.166. The third-order valence-electron chi connectivity index (χ3n) is 5.90. The average molecular weight is 549 g/mol. The van der Waals surface area contributed by atoms with E-state index < -0.39 is 16.1 Å². The van der Waals surface area contributed by atoms with E-state index in [-0.39, 0.29) is 30.4 Å². The molecule has 200 valence electrons. The van der Waals surface area contributed by atoms with Crippen LogP contribution in [0.2, 0.25) is 5.02 Å². The molecule has 8 nitrogen and oxygen atoms in total. The Morgan fingerprint density at radius 1 is 1.00 bits per heavy atom. The molecule has 0 unspecified atom stereocenters.